The molecule has 1 aliphatic heterocycles. The molecular weight excluding hydrogens is 1750 g/mol. The Labute approximate surface area is 773 Å². The van der Waals surface area contributed by atoms with Gasteiger partial charge in [-0.3, -0.25) is 62.4 Å². The number of alkyl halides is 1. The fraction of sp³-hybridized carbons (Fsp3) is 0.609. The van der Waals surface area contributed by atoms with Crippen LogP contribution < -0.4 is 37.2 Å². The van der Waals surface area contributed by atoms with Crippen molar-refractivity contribution in [3.05, 3.63) is 130 Å². The lowest BCUT2D eigenvalue weighted by Crippen LogP contribution is -2.69. The fourth-order valence-corrected chi connectivity index (χ4v) is 19.1. The molecule has 35 nitrogen and oxygen atoms in total. The number of halogens is 1. The van der Waals surface area contributed by atoms with Crippen LogP contribution in [0.15, 0.2) is 134 Å². The summed E-state index contributed by atoms with van der Waals surface area (Å²) in [6.45, 7) is 13.6. The highest BCUT2D eigenvalue weighted by atomic mass is 35.5. The van der Waals surface area contributed by atoms with Crippen molar-refractivity contribution in [1.29, 1.82) is 0 Å². The van der Waals surface area contributed by atoms with E-state index in [2.05, 4.69) is 37.2 Å². The van der Waals surface area contributed by atoms with Gasteiger partial charge in [-0.2, -0.15) is 0 Å². The number of benzene rings is 3. The summed E-state index contributed by atoms with van der Waals surface area (Å²) < 4.78 is 77.5. The second-order valence-corrected chi connectivity index (χ2v) is 34.7. The largest absolute Gasteiger partial charge is 0.450 e. The predicted molar refractivity (Wildman–Crippen MR) is 479 cm³/mol. The number of allylic oxidation sites excluding steroid dienone is 4. The average molecular weight is 1880 g/mol. The number of ketones is 2. The summed E-state index contributed by atoms with van der Waals surface area (Å²) in [6, 6.07) is 24.2. The summed E-state index contributed by atoms with van der Waals surface area (Å²) in [5.74, 6) is -8.66. The first-order valence-corrected chi connectivity index (χ1v) is 46.4. The smallest absolute Gasteiger partial charge is 0.306 e. The molecule has 0 spiro atoms. The summed E-state index contributed by atoms with van der Waals surface area (Å²) in [5.41, 5.74) is -2.26. The number of methoxy groups -OCH3 is 1. The van der Waals surface area contributed by atoms with Gasteiger partial charge >= 0.3 is 5.97 Å². The highest BCUT2D eigenvalue weighted by Crippen LogP contribution is 2.72. The van der Waals surface area contributed by atoms with E-state index < -0.39 is 144 Å². The number of hydrogen-bond donors (Lipinski definition) is 8. The van der Waals surface area contributed by atoms with Gasteiger partial charge in [-0.25, -0.2) is 0 Å². The molecular formula is C92H129ClN8O27S2. The van der Waals surface area contributed by atoms with E-state index in [1.807, 2.05) is 32.9 Å². The maximum atomic E-state index is 14.8. The molecule has 8 rings (SSSR count). The van der Waals surface area contributed by atoms with Crippen LogP contribution in [0.25, 0.3) is 0 Å². The molecule has 3 fully saturated rings. The molecule has 130 heavy (non-hydrogen) atoms. The first kappa shape index (κ1) is 107. The van der Waals surface area contributed by atoms with Crippen LogP contribution in [0, 0.1) is 28.6 Å². The summed E-state index contributed by atoms with van der Waals surface area (Å²) in [7, 11) is 1.63. The standard InChI is InChI=1S/C92H129ClN8O27S2/c1-6-82(110)128-92(65(2)56-72-71-26-25-67-58-68(102)27-30-89(67,3)91(71,93)75(103)59-90(72,92)4)76(104)63-127-64-98-80(108)61-97-86(112)74(57-66-18-10-7-11-19-66)100-81(109)62-95-79(107)60-96-85(111)73(99-78(106)28-32-101-87(113)83(129-69-20-12-8-13-21-69)84(88(101)114)130-70-22-14-9-15-23-70)24-16-17-31-94-77(105)29-33-116-36-37-118-40-41-120-44-45-122-48-49-124-52-53-126-55-54-125-51-50-123-47-46-121-43-42-119-39-38-117-35-34-115-5/h7-15,18-23,27,30,58,65,71-75,103H,6,16-17,24-26,28-29,31-57,59-64H2,1-5H3,(H,94,105)(H,95,107)(H,96,111)(H,97,112)(H,98,108)(H,99,106)(H,100,109)/t65-,71-,72?,73-,74-,75-,89-,90-,91-,92-/m0/s1. The Kier molecular flexibility index (Phi) is 47.6. The number of amides is 9. The number of hydrogen-bond acceptors (Lipinski definition) is 29. The Balaban J connectivity index is 0.717. The first-order valence-electron chi connectivity index (χ1n) is 44.4. The Morgan fingerprint density at radius 2 is 0.992 bits per heavy atom. The Morgan fingerprint density at radius 3 is 1.49 bits per heavy atom. The van der Waals surface area contributed by atoms with Gasteiger partial charge in [0.25, 0.3) is 11.8 Å². The van der Waals surface area contributed by atoms with Crippen LogP contribution in [0.5, 0.6) is 0 Å². The van der Waals surface area contributed by atoms with Gasteiger partial charge < -0.3 is 109 Å². The zero-order valence-electron chi connectivity index (χ0n) is 75.1. The maximum absolute atomic E-state index is 14.8. The predicted octanol–water partition coefficient (Wildman–Crippen LogP) is 4.85. The minimum Gasteiger partial charge on any atom is -0.450 e. The molecule has 0 bridgehead atoms. The average Bonchev–Trinajstić information content (AvgIpc) is 1.51. The molecule has 3 saturated carbocycles. The number of nitrogens with one attached hydrogen (secondary N) is 7. The number of fused-ring (bicyclic) bond motifs is 5. The zero-order valence-corrected chi connectivity index (χ0v) is 77.4. The molecule has 1 unspecified atom stereocenters. The van der Waals surface area contributed by atoms with Gasteiger partial charge in [0.05, 0.1) is 192 Å². The number of nitrogens with zero attached hydrogens (tertiary/aromatic N) is 1. The van der Waals surface area contributed by atoms with E-state index in [4.69, 9.17) is 77.9 Å². The number of aliphatic hydroxyl groups excluding tert-OH is 1. The van der Waals surface area contributed by atoms with E-state index in [0.717, 1.165) is 34.0 Å². The molecule has 9 amide bonds. The minimum atomic E-state index is -1.75. The van der Waals surface area contributed by atoms with Gasteiger partial charge in [-0.05, 0) is 98.8 Å². The number of rotatable bonds is 67. The van der Waals surface area contributed by atoms with Gasteiger partial charge in [0.2, 0.25) is 47.1 Å². The highest BCUT2D eigenvalue weighted by Gasteiger charge is 2.76. The van der Waals surface area contributed by atoms with Crippen LogP contribution in [0.3, 0.4) is 0 Å². The van der Waals surface area contributed by atoms with Crippen molar-refractivity contribution in [2.24, 2.45) is 28.6 Å². The zero-order chi connectivity index (χ0) is 93.4. The number of carbonyl (C=O) groups excluding carboxylic acids is 12. The van der Waals surface area contributed by atoms with Crippen molar-refractivity contribution in [2.75, 3.05) is 205 Å². The quantitative estimate of drug-likeness (QED) is 0.0123. The van der Waals surface area contributed by atoms with Gasteiger partial charge in [0.15, 0.2) is 11.4 Å². The number of esters is 1. The van der Waals surface area contributed by atoms with Gasteiger partial charge in [-0.15, -0.1) is 11.6 Å². The molecule has 3 aromatic carbocycles. The van der Waals surface area contributed by atoms with Crippen LogP contribution in [-0.2, 0) is 130 Å². The topological polar surface area (TPSA) is 442 Å². The number of thioether (sulfide) groups is 2. The maximum Gasteiger partial charge on any atom is 0.306 e. The molecule has 5 aliphatic rings. The molecule has 718 valence electrons. The third-order valence-electron chi connectivity index (χ3n) is 23.1. The number of carbonyl (C=O) groups is 12. The molecule has 0 saturated heterocycles. The van der Waals surface area contributed by atoms with Gasteiger partial charge in [0.1, 0.15) is 25.4 Å². The van der Waals surface area contributed by atoms with Crippen LogP contribution in [0.1, 0.15) is 97.5 Å². The van der Waals surface area contributed by atoms with E-state index in [-0.39, 0.29) is 105 Å². The van der Waals surface area contributed by atoms with Crippen molar-refractivity contribution in [3.63, 3.8) is 0 Å². The number of Topliss-reactive ketones (excluding diaryl/α,β-unsaturated/α-hetero) is 1. The van der Waals surface area contributed by atoms with Crippen LogP contribution in [0.2, 0.25) is 0 Å². The van der Waals surface area contributed by atoms with E-state index in [1.54, 1.807) is 105 Å². The number of unbranched alkanes of at least 4 members (excludes halogenated alkanes) is 1. The van der Waals surface area contributed by atoms with E-state index in [1.165, 1.54) is 6.08 Å². The number of ether oxygens (including phenoxy) is 14. The van der Waals surface area contributed by atoms with Crippen molar-refractivity contribution in [1.82, 2.24) is 42.1 Å². The van der Waals surface area contributed by atoms with Crippen molar-refractivity contribution in [3.8, 4) is 0 Å². The third-order valence-corrected chi connectivity index (χ3v) is 26.3. The minimum absolute atomic E-state index is 0.00416. The second kappa shape index (κ2) is 57.9. The molecule has 38 heteroatoms. The molecule has 10 atom stereocenters. The Hall–Kier alpha value is -8.45. The molecule has 0 aromatic heterocycles. The van der Waals surface area contributed by atoms with Crippen LogP contribution in [-0.4, -0.2) is 314 Å². The lowest BCUT2D eigenvalue weighted by atomic mass is 9.45. The van der Waals surface area contributed by atoms with Crippen LogP contribution in [0.4, 0.5) is 0 Å². The SMILES string of the molecule is CCC(=O)O[C@]1(C(=O)COCNC(=O)CNC(=O)[C@H](Cc2ccccc2)NC(=O)CNC(=O)CNC(=O)[C@H](CCCCNC(=O)CCOCCOCCOCCOCCOCCOCCOCCOCCOCCOCCOCCOC)NC(=O)CCN2C(=O)C(Sc3ccccc3)=C(Sc3ccccc3)C2=O)[C@@H](C)CC2[C@@H]3CCC4=CC(=O)C=C[C@]4(C)[C@@]3(Cl)[C@@H](O)C[C@@]21C. The Morgan fingerprint density at radius 1 is 0.531 bits per heavy atom. The molecule has 3 aromatic rings. The summed E-state index contributed by atoms with van der Waals surface area (Å²) in [5, 5.41) is 30.3. The summed E-state index contributed by atoms with van der Waals surface area (Å²) in [4.78, 5) is 165. The monoisotopic (exact) mass is 1880 g/mol. The normalized spacial score (nSPS) is 21.3. The van der Waals surface area contributed by atoms with Crippen molar-refractivity contribution in [2.45, 2.75) is 137 Å². The molecule has 1 heterocycles. The lowest BCUT2D eigenvalue weighted by molar-refractivity contribution is -0.203. The van der Waals surface area contributed by atoms with Crippen molar-refractivity contribution < 1.29 is 129 Å². The lowest BCUT2D eigenvalue weighted by Gasteiger charge is -2.64. The summed E-state index contributed by atoms with van der Waals surface area (Å²) >= 11 is 9.94. The summed E-state index contributed by atoms with van der Waals surface area (Å²) in [6.07, 6.45) is 5.37. The second-order valence-electron chi connectivity index (χ2n) is 31.9. The van der Waals surface area contributed by atoms with Gasteiger partial charge in [-0.1, -0.05) is 130 Å². The third kappa shape index (κ3) is 33.3. The first-order chi connectivity index (χ1) is 62.9. The van der Waals surface area contributed by atoms with E-state index in [0.29, 0.717) is 173 Å². The van der Waals surface area contributed by atoms with Crippen LogP contribution >= 0.6 is 35.1 Å². The number of imide groups is 1. The van der Waals surface area contributed by atoms with Gasteiger partial charge in [0, 0.05) is 72.4 Å². The number of aliphatic hydroxyl groups is 1. The van der Waals surface area contributed by atoms with E-state index >= 15 is 0 Å². The molecule has 8 N–H and O–H groups in total. The molecule has 0 radical (unpaired) electrons. The van der Waals surface area contributed by atoms with Crippen molar-refractivity contribution >= 4 is 106 Å². The highest BCUT2D eigenvalue weighted by molar-refractivity contribution is 8.08. The van der Waals surface area contributed by atoms with E-state index in [9.17, 15) is 62.6 Å². The molecule has 4 aliphatic carbocycles. The Bertz CT molecular complexity index is 4140. The fourth-order valence-electron chi connectivity index (χ4n) is 16.5.